The summed E-state index contributed by atoms with van der Waals surface area (Å²) in [4.78, 5) is 0. The van der Waals surface area contributed by atoms with Crippen LogP contribution in [0.3, 0.4) is 0 Å². The van der Waals surface area contributed by atoms with E-state index in [0.717, 1.165) is 34.6 Å². The van der Waals surface area contributed by atoms with E-state index in [9.17, 15) is 0 Å². The molecule has 1 aliphatic heterocycles. The SMILES string of the molecule is CC1CCC(CNc2ccc(Br)c(Cl)c2)O1. The largest absolute Gasteiger partial charge is 0.382 e. The first-order valence-electron chi connectivity index (χ1n) is 5.49. The fraction of sp³-hybridized carbons (Fsp3) is 0.500. The van der Waals surface area contributed by atoms with Gasteiger partial charge in [0, 0.05) is 16.7 Å². The molecule has 2 unspecified atom stereocenters. The first-order chi connectivity index (χ1) is 7.65. The molecule has 2 atom stereocenters. The number of benzene rings is 1. The zero-order valence-corrected chi connectivity index (χ0v) is 11.5. The summed E-state index contributed by atoms with van der Waals surface area (Å²) in [6, 6.07) is 5.88. The predicted octanol–water partition coefficient (Wildman–Crippen LogP) is 4.08. The van der Waals surface area contributed by atoms with Crippen molar-refractivity contribution < 1.29 is 4.74 Å². The zero-order chi connectivity index (χ0) is 11.5. The average Bonchev–Trinajstić information content (AvgIpc) is 2.66. The lowest BCUT2D eigenvalue weighted by Gasteiger charge is -2.13. The molecule has 2 nitrogen and oxygen atoms in total. The maximum absolute atomic E-state index is 6.01. The molecule has 0 radical (unpaired) electrons. The highest BCUT2D eigenvalue weighted by molar-refractivity contribution is 9.10. The summed E-state index contributed by atoms with van der Waals surface area (Å²) < 4.78 is 6.65. The zero-order valence-electron chi connectivity index (χ0n) is 9.17. The third-order valence-electron chi connectivity index (χ3n) is 2.77. The van der Waals surface area contributed by atoms with Crippen molar-refractivity contribution in [1.82, 2.24) is 0 Å². The van der Waals surface area contributed by atoms with Crippen LogP contribution in [0.15, 0.2) is 22.7 Å². The maximum atomic E-state index is 6.01. The Morgan fingerprint density at radius 2 is 2.31 bits per heavy atom. The Kier molecular flexibility index (Phi) is 4.11. The van der Waals surface area contributed by atoms with Gasteiger partial charge < -0.3 is 10.1 Å². The molecule has 1 aromatic carbocycles. The van der Waals surface area contributed by atoms with E-state index in [0.29, 0.717) is 12.2 Å². The lowest BCUT2D eigenvalue weighted by atomic mass is 10.2. The smallest absolute Gasteiger partial charge is 0.0751 e. The Labute approximate surface area is 109 Å². The maximum Gasteiger partial charge on any atom is 0.0751 e. The van der Waals surface area contributed by atoms with Crippen molar-refractivity contribution in [2.45, 2.75) is 32.0 Å². The third-order valence-corrected chi connectivity index (χ3v) is 4.01. The molecule has 4 heteroatoms. The Hall–Kier alpha value is -0.250. The average molecular weight is 305 g/mol. The summed E-state index contributed by atoms with van der Waals surface area (Å²) in [5.74, 6) is 0. The van der Waals surface area contributed by atoms with Crippen LogP contribution in [-0.2, 0) is 4.74 Å². The van der Waals surface area contributed by atoms with Crippen LogP contribution in [0.4, 0.5) is 5.69 Å². The van der Waals surface area contributed by atoms with Gasteiger partial charge in [0.15, 0.2) is 0 Å². The van der Waals surface area contributed by atoms with Gasteiger partial charge in [0.05, 0.1) is 17.2 Å². The number of nitrogens with one attached hydrogen (secondary N) is 1. The van der Waals surface area contributed by atoms with Gasteiger partial charge in [-0.15, -0.1) is 0 Å². The second kappa shape index (κ2) is 5.39. The summed E-state index contributed by atoms with van der Waals surface area (Å²) >= 11 is 9.38. The van der Waals surface area contributed by atoms with Crippen LogP contribution >= 0.6 is 27.5 Å². The molecular weight excluding hydrogens is 289 g/mol. The highest BCUT2D eigenvalue weighted by Crippen LogP contribution is 2.26. The highest BCUT2D eigenvalue weighted by Gasteiger charge is 2.21. The van der Waals surface area contributed by atoms with Crippen molar-refractivity contribution in [3.8, 4) is 0 Å². The molecule has 0 bridgehead atoms. The summed E-state index contributed by atoms with van der Waals surface area (Å²) in [5, 5.41) is 4.07. The number of hydrogen-bond donors (Lipinski definition) is 1. The molecule has 16 heavy (non-hydrogen) atoms. The molecule has 1 N–H and O–H groups in total. The van der Waals surface area contributed by atoms with Crippen LogP contribution in [0, 0.1) is 0 Å². The van der Waals surface area contributed by atoms with Crippen LogP contribution in [0.1, 0.15) is 19.8 Å². The highest BCUT2D eigenvalue weighted by atomic mass is 79.9. The first-order valence-corrected chi connectivity index (χ1v) is 6.66. The topological polar surface area (TPSA) is 21.3 Å². The van der Waals surface area contributed by atoms with Gasteiger partial charge in [-0.25, -0.2) is 0 Å². The number of halogens is 2. The van der Waals surface area contributed by atoms with Crippen molar-refractivity contribution in [2.75, 3.05) is 11.9 Å². The minimum absolute atomic E-state index is 0.331. The van der Waals surface area contributed by atoms with E-state index in [1.54, 1.807) is 0 Å². The normalized spacial score (nSPS) is 24.7. The van der Waals surface area contributed by atoms with Gasteiger partial charge in [-0.1, -0.05) is 11.6 Å². The van der Waals surface area contributed by atoms with Gasteiger partial charge in [0.25, 0.3) is 0 Å². The van der Waals surface area contributed by atoms with E-state index < -0.39 is 0 Å². The van der Waals surface area contributed by atoms with Gasteiger partial charge in [-0.3, -0.25) is 0 Å². The second-order valence-electron chi connectivity index (χ2n) is 4.16. The van der Waals surface area contributed by atoms with Crippen LogP contribution < -0.4 is 5.32 Å². The van der Waals surface area contributed by atoms with E-state index in [-0.39, 0.29) is 0 Å². The fourth-order valence-electron chi connectivity index (χ4n) is 1.87. The summed E-state index contributed by atoms with van der Waals surface area (Å²) in [5.41, 5.74) is 1.04. The van der Waals surface area contributed by atoms with Crippen LogP contribution in [0.2, 0.25) is 5.02 Å². The van der Waals surface area contributed by atoms with Crippen molar-refractivity contribution in [1.29, 1.82) is 0 Å². The summed E-state index contributed by atoms with van der Waals surface area (Å²) in [6.07, 6.45) is 3.03. The molecule has 1 heterocycles. The molecular formula is C12H15BrClNO. The standard InChI is InChI=1S/C12H15BrClNO/c1-8-2-4-10(16-8)7-15-9-3-5-11(13)12(14)6-9/h3,5-6,8,10,15H,2,4,7H2,1H3. The number of anilines is 1. The molecule has 0 aliphatic carbocycles. The van der Waals surface area contributed by atoms with Crippen molar-refractivity contribution in [2.24, 2.45) is 0 Å². The molecule has 0 amide bonds. The van der Waals surface area contributed by atoms with Gasteiger partial charge in [-0.05, 0) is 53.9 Å². The summed E-state index contributed by atoms with van der Waals surface area (Å²) in [7, 11) is 0. The number of ether oxygens (including phenoxy) is 1. The van der Waals surface area contributed by atoms with Gasteiger partial charge >= 0.3 is 0 Å². The lowest BCUT2D eigenvalue weighted by molar-refractivity contribution is 0.0637. The molecule has 1 aliphatic rings. The number of hydrogen-bond acceptors (Lipinski definition) is 2. The monoisotopic (exact) mass is 303 g/mol. The van der Waals surface area contributed by atoms with E-state index in [1.807, 2.05) is 18.2 Å². The first kappa shape index (κ1) is 12.2. The Morgan fingerprint density at radius 1 is 1.50 bits per heavy atom. The third kappa shape index (κ3) is 3.12. The Balaban J connectivity index is 1.87. The van der Waals surface area contributed by atoms with Gasteiger partial charge in [0.1, 0.15) is 0 Å². The van der Waals surface area contributed by atoms with E-state index in [2.05, 4.69) is 28.2 Å². The van der Waals surface area contributed by atoms with Crippen molar-refractivity contribution >= 4 is 33.2 Å². The Bertz CT molecular complexity index is 372. The predicted molar refractivity (Wildman–Crippen MR) is 71.2 cm³/mol. The van der Waals surface area contributed by atoms with Gasteiger partial charge in [0.2, 0.25) is 0 Å². The molecule has 1 fully saturated rings. The molecule has 2 rings (SSSR count). The minimum atomic E-state index is 0.331. The van der Waals surface area contributed by atoms with E-state index in [4.69, 9.17) is 16.3 Å². The van der Waals surface area contributed by atoms with Crippen LogP contribution in [0.5, 0.6) is 0 Å². The van der Waals surface area contributed by atoms with E-state index in [1.165, 1.54) is 0 Å². The second-order valence-corrected chi connectivity index (χ2v) is 5.42. The molecule has 0 spiro atoms. The molecule has 0 aromatic heterocycles. The Morgan fingerprint density at radius 3 is 2.94 bits per heavy atom. The number of rotatable bonds is 3. The molecule has 88 valence electrons. The van der Waals surface area contributed by atoms with E-state index >= 15 is 0 Å². The minimum Gasteiger partial charge on any atom is -0.382 e. The van der Waals surface area contributed by atoms with Crippen LogP contribution in [-0.4, -0.2) is 18.8 Å². The molecule has 1 aromatic rings. The molecule has 0 saturated carbocycles. The summed E-state index contributed by atoms with van der Waals surface area (Å²) in [6.45, 7) is 2.97. The van der Waals surface area contributed by atoms with Crippen molar-refractivity contribution in [3.63, 3.8) is 0 Å². The van der Waals surface area contributed by atoms with Crippen molar-refractivity contribution in [3.05, 3.63) is 27.7 Å². The van der Waals surface area contributed by atoms with Crippen LogP contribution in [0.25, 0.3) is 0 Å². The molecule has 1 saturated heterocycles. The fourth-order valence-corrected chi connectivity index (χ4v) is 2.30. The quantitative estimate of drug-likeness (QED) is 0.908. The lowest BCUT2D eigenvalue weighted by Crippen LogP contribution is -2.19. The van der Waals surface area contributed by atoms with Gasteiger partial charge in [-0.2, -0.15) is 0 Å².